The van der Waals surface area contributed by atoms with E-state index in [9.17, 15) is 18.0 Å². The van der Waals surface area contributed by atoms with Gasteiger partial charge in [-0.25, -0.2) is 0 Å². The summed E-state index contributed by atoms with van der Waals surface area (Å²) in [4.78, 5) is 11.6. The van der Waals surface area contributed by atoms with E-state index in [1.54, 1.807) is 6.92 Å². The van der Waals surface area contributed by atoms with Gasteiger partial charge in [-0.15, -0.1) is 0 Å². The quantitative estimate of drug-likeness (QED) is 0.740. The Kier molecular flexibility index (Phi) is 2.40. The minimum absolute atomic E-state index is 0.0845. The fraction of sp³-hybridized carbons (Fsp3) is 0.364. The van der Waals surface area contributed by atoms with Crippen molar-refractivity contribution in [1.29, 1.82) is 0 Å². The van der Waals surface area contributed by atoms with Crippen LogP contribution in [0.2, 0.25) is 0 Å². The highest BCUT2D eigenvalue weighted by Crippen LogP contribution is 2.38. The first kappa shape index (κ1) is 11.0. The average molecular weight is 229 g/mol. The van der Waals surface area contributed by atoms with E-state index in [2.05, 4.69) is 5.32 Å². The van der Waals surface area contributed by atoms with Crippen LogP contribution in [0.15, 0.2) is 18.2 Å². The lowest BCUT2D eigenvalue weighted by Crippen LogP contribution is -2.28. The molecule has 1 atom stereocenters. The summed E-state index contributed by atoms with van der Waals surface area (Å²) in [5, 5.41) is 2.72. The van der Waals surface area contributed by atoms with Gasteiger partial charge in [0.25, 0.3) is 0 Å². The summed E-state index contributed by atoms with van der Waals surface area (Å²) in [6.07, 6.45) is -4.20. The molecule has 0 saturated carbocycles. The maximum atomic E-state index is 12.7. The van der Waals surface area contributed by atoms with Gasteiger partial charge in [0.15, 0.2) is 5.78 Å². The largest absolute Gasteiger partial charge is 0.418 e. The Hall–Kier alpha value is -1.52. The summed E-state index contributed by atoms with van der Waals surface area (Å²) in [5.74, 6) is -0.243. The number of fused-ring (bicyclic) bond motifs is 1. The van der Waals surface area contributed by atoms with Gasteiger partial charge >= 0.3 is 6.18 Å². The third kappa shape index (κ3) is 1.77. The lowest BCUT2D eigenvalue weighted by Gasteiger charge is -2.26. The highest BCUT2D eigenvalue weighted by atomic mass is 19.4. The highest BCUT2D eigenvalue weighted by molar-refractivity contribution is 6.04. The number of alkyl halides is 3. The van der Waals surface area contributed by atoms with Crippen LogP contribution in [-0.4, -0.2) is 11.8 Å². The standard InChI is InChI=1S/C11H10F3NO/c1-6-5-9(16)7-3-2-4-8(10(7)15-6)11(12,13)14/h2-4,6,15H,5H2,1H3. The molecule has 1 aromatic rings. The fourth-order valence-corrected chi connectivity index (χ4v) is 1.86. The Labute approximate surface area is 90.5 Å². The number of rotatable bonds is 0. The molecule has 86 valence electrons. The molecule has 0 amide bonds. The third-order valence-corrected chi connectivity index (χ3v) is 2.55. The molecule has 16 heavy (non-hydrogen) atoms. The maximum absolute atomic E-state index is 12.7. The zero-order chi connectivity index (χ0) is 11.9. The van der Waals surface area contributed by atoms with Crippen LogP contribution < -0.4 is 5.32 Å². The van der Waals surface area contributed by atoms with Gasteiger partial charge in [-0.1, -0.05) is 6.07 Å². The predicted octanol–water partition coefficient (Wildman–Crippen LogP) is 3.09. The SMILES string of the molecule is CC1CC(=O)c2cccc(C(F)(F)F)c2N1. The van der Waals surface area contributed by atoms with Crippen LogP contribution in [0.5, 0.6) is 0 Å². The maximum Gasteiger partial charge on any atom is 0.418 e. The summed E-state index contributed by atoms with van der Waals surface area (Å²) in [6.45, 7) is 1.69. The van der Waals surface area contributed by atoms with E-state index in [0.29, 0.717) is 0 Å². The minimum Gasteiger partial charge on any atom is -0.381 e. The van der Waals surface area contributed by atoms with Crippen molar-refractivity contribution in [3.05, 3.63) is 29.3 Å². The van der Waals surface area contributed by atoms with Crippen molar-refractivity contribution >= 4 is 11.5 Å². The number of para-hydroxylation sites is 1. The van der Waals surface area contributed by atoms with Crippen LogP contribution >= 0.6 is 0 Å². The van der Waals surface area contributed by atoms with Gasteiger partial charge in [-0.05, 0) is 19.1 Å². The number of ketones is 1. The molecule has 0 aromatic heterocycles. The van der Waals surface area contributed by atoms with Gasteiger partial charge in [-0.2, -0.15) is 13.2 Å². The molecule has 1 heterocycles. The number of nitrogens with one attached hydrogen (secondary N) is 1. The molecule has 1 aliphatic rings. The smallest absolute Gasteiger partial charge is 0.381 e. The van der Waals surface area contributed by atoms with Crippen LogP contribution in [0.3, 0.4) is 0 Å². The summed E-state index contributed by atoms with van der Waals surface area (Å²) in [6, 6.07) is 3.41. The number of anilines is 1. The Morgan fingerprint density at radius 1 is 1.38 bits per heavy atom. The molecule has 0 saturated heterocycles. The molecule has 0 spiro atoms. The molecule has 0 fully saturated rings. The Bertz CT molecular complexity index is 439. The van der Waals surface area contributed by atoms with Gasteiger partial charge in [0.1, 0.15) is 0 Å². The molecule has 1 N–H and O–H groups in total. The molecule has 2 nitrogen and oxygen atoms in total. The third-order valence-electron chi connectivity index (χ3n) is 2.55. The number of hydrogen-bond acceptors (Lipinski definition) is 2. The monoisotopic (exact) mass is 229 g/mol. The van der Waals surface area contributed by atoms with E-state index in [0.717, 1.165) is 6.07 Å². The van der Waals surface area contributed by atoms with E-state index in [1.165, 1.54) is 12.1 Å². The van der Waals surface area contributed by atoms with Crippen molar-refractivity contribution in [3.8, 4) is 0 Å². The first-order chi connectivity index (χ1) is 7.39. The summed E-state index contributed by atoms with van der Waals surface area (Å²) >= 11 is 0. The average Bonchev–Trinajstić information content (AvgIpc) is 2.15. The second kappa shape index (κ2) is 3.50. The van der Waals surface area contributed by atoms with Crippen molar-refractivity contribution in [3.63, 3.8) is 0 Å². The summed E-state index contributed by atoms with van der Waals surface area (Å²) in [5.41, 5.74) is -0.725. The zero-order valence-electron chi connectivity index (χ0n) is 8.56. The molecule has 5 heteroatoms. The van der Waals surface area contributed by atoms with E-state index in [-0.39, 0.29) is 29.5 Å². The first-order valence-electron chi connectivity index (χ1n) is 4.89. The molecule has 2 rings (SSSR count). The molecule has 0 radical (unpaired) electrons. The number of halogens is 3. The normalized spacial score (nSPS) is 20.2. The number of carbonyl (C=O) groups excluding carboxylic acids is 1. The van der Waals surface area contributed by atoms with Crippen molar-refractivity contribution in [2.75, 3.05) is 5.32 Å². The summed E-state index contributed by atoms with van der Waals surface area (Å²) in [7, 11) is 0. The van der Waals surface area contributed by atoms with Gasteiger partial charge in [-0.3, -0.25) is 4.79 Å². The Balaban J connectivity index is 2.59. The molecule has 0 aliphatic carbocycles. The minimum atomic E-state index is -4.43. The van der Waals surface area contributed by atoms with Crippen molar-refractivity contribution in [2.45, 2.75) is 25.6 Å². The van der Waals surface area contributed by atoms with Crippen molar-refractivity contribution in [1.82, 2.24) is 0 Å². The molecule has 0 bridgehead atoms. The van der Waals surface area contributed by atoms with Crippen LogP contribution in [0.25, 0.3) is 0 Å². The van der Waals surface area contributed by atoms with Crippen molar-refractivity contribution < 1.29 is 18.0 Å². The predicted molar refractivity (Wildman–Crippen MR) is 53.5 cm³/mol. The second-order valence-corrected chi connectivity index (χ2v) is 3.90. The number of Topliss-reactive ketones (excluding diaryl/α,β-unsaturated/α-hetero) is 1. The van der Waals surface area contributed by atoms with E-state index in [1.807, 2.05) is 0 Å². The molecular weight excluding hydrogens is 219 g/mol. The second-order valence-electron chi connectivity index (χ2n) is 3.90. The molecular formula is C11H10F3NO. The molecule has 1 unspecified atom stereocenters. The van der Waals surface area contributed by atoms with E-state index < -0.39 is 11.7 Å². The van der Waals surface area contributed by atoms with Gasteiger partial charge in [0.05, 0.1) is 11.3 Å². The number of carbonyl (C=O) groups is 1. The zero-order valence-corrected chi connectivity index (χ0v) is 8.56. The Morgan fingerprint density at radius 3 is 2.69 bits per heavy atom. The van der Waals surface area contributed by atoms with Gasteiger partial charge in [0.2, 0.25) is 0 Å². The van der Waals surface area contributed by atoms with Crippen LogP contribution in [0.4, 0.5) is 18.9 Å². The van der Waals surface area contributed by atoms with Crippen LogP contribution in [0.1, 0.15) is 29.3 Å². The van der Waals surface area contributed by atoms with Gasteiger partial charge in [0, 0.05) is 18.0 Å². The van der Waals surface area contributed by atoms with E-state index >= 15 is 0 Å². The topological polar surface area (TPSA) is 29.1 Å². The van der Waals surface area contributed by atoms with E-state index in [4.69, 9.17) is 0 Å². The number of benzene rings is 1. The Morgan fingerprint density at radius 2 is 2.06 bits per heavy atom. The van der Waals surface area contributed by atoms with Gasteiger partial charge < -0.3 is 5.32 Å². The fourth-order valence-electron chi connectivity index (χ4n) is 1.86. The first-order valence-corrected chi connectivity index (χ1v) is 4.89. The van der Waals surface area contributed by atoms with Crippen LogP contribution in [0, 0.1) is 0 Å². The lowest BCUT2D eigenvalue weighted by molar-refractivity contribution is -0.137. The lowest BCUT2D eigenvalue weighted by atomic mass is 9.94. The van der Waals surface area contributed by atoms with Crippen LogP contribution in [-0.2, 0) is 6.18 Å². The highest BCUT2D eigenvalue weighted by Gasteiger charge is 2.37. The molecule has 1 aliphatic heterocycles. The molecule has 1 aromatic carbocycles. The summed E-state index contributed by atoms with van der Waals surface area (Å²) < 4.78 is 38.0. The van der Waals surface area contributed by atoms with Crippen molar-refractivity contribution in [2.24, 2.45) is 0 Å². The number of hydrogen-bond donors (Lipinski definition) is 1.